The number of nitrogens with one attached hydrogen (secondary N) is 1. The van der Waals surface area contributed by atoms with Gasteiger partial charge in [0.25, 0.3) is 0 Å². The van der Waals surface area contributed by atoms with Crippen LogP contribution < -0.4 is 10.1 Å². The van der Waals surface area contributed by atoms with E-state index in [-0.39, 0.29) is 17.8 Å². The monoisotopic (exact) mass is 380 g/mol. The van der Waals surface area contributed by atoms with Gasteiger partial charge in [-0.05, 0) is 41.8 Å². The lowest BCUT2D eigenvalue weighted by atomic mass is 10.0. The first-order chi connectivity index (χ1) is 13.2. The number of hydrogen-bond donors (Lipinski definition) is 1. The number of fused-ring (bicyclic) bond motifs is 1. The van der Waals surface area contributed by atoms with Crippen LogP contribution in [0.2, 0.25) is 0 Å². The third kappa shape index (κ3) is 4.06. The van der Waals surface area contributed by atoms with Gasteiger partial charge in [0.15, 0.2) is 0 Å². The van der Waals surface area contributed by atoms with Crippen molar-refractivity contribution in [2.45, 2.75) is 12.5 Å². The fourth-order valence-electron chi connectivity index (χ4n) is 3.04. The van der Waals surface area contributed by atoms with Gasteiger partial charge >= 0.3 is 0 Å². The largest absolute Gasteiger partial charge is 0.487 e. The Kier molecular flexibility index (Phi) is 4.98. The summed E-state index contributed by atoms with van der Waals surface area (Å²) in [6, 6.07) is 12.3. The highest BCUT2D eigenvalue weighted by molar-refractivity contribution is 7.10. The molecule has 136 valence electrons. The van der Waals surface area contributed by atoms with Gasteiger partial charge in [-0.25, -0.2) is 4.39 Å². The van der Waals surface area contributed by atoms with E-state index in [1.165, 1.54) is 18.2 Å². The molecule has 0 saturated heterocycles. The van der Waals surface area contributed by atoms with Crippen LogP contribution in [0.3, 0.4) is 0 Å². The summed E-state index contributed by atoms with van der Waals surface area (Å²) in [6.07, 6.45) is 5.26. The number of halogens is 1. The van der Waals surface area contributed by atoms with E-state index in [2.05, 4.69) is 10.3 Å². The van der Waals surface area contributed by atoms with Crippen LogP contribution in [0.25, 0.3) is 17.3 Å². The zero-order valence-corrected chi connectivity index (χ0v) is 15.2. The minimum Gasteiger partial charge on any atom is -0.487 e. The number of hydrogen-bond acceptors (Lipinski definition) is 4. The van der Waals surface area contributed by atoms with Crippen LogP contribution in [0.4, 0.5) is 4.39 Å². The second-order valence-electron chi connectivity index (χ2n) is 6.19. The standard InChI is InChI=1S/C21H17FN2O2S/c22-15-10-14-11-16(13-24-20(25)7-6-17-4-3-9-27-17)26-21(14)18(12-15)19-5-1-2-8-23-19/h1-10,12,16H,11,13H2,(H,24,25). The Morgan fingerprint density at radius 3 is 3.04 bits per heavy atom. The number of ether oxygens (including phenoxy) is 1. The van der Waals surface area contributed by atoms with E-state index in [1.54, 1.807) is 23.6 Å². The third-order valence-electron chi connectivity index (χ3n) is 4.25. The highest BCUT2D eigenvalue weighted by Gasteiger charge is 2.27. The summed E-state index contributed by atoms with van der Waals surface area (Å²) in [5.74, 6) is 0.143. The molecule has 2 aromatic heterocycles. The molecule has 0 bridgehead atoms. The van der Waals surface area contributed by atoms with Gasteiger partial charge in [-0.15, -0.1) is 11.3 Å². The van der Waals surface area contributed by atoms with E-state index in [0.29, 0.717) is 30.0 Å². The van der Waals surface area contributed by atoms with E-state index in [0.717, 1.165) is 10.4 Å². The molecule has 6 heteroatoms. The van der Waals surface area contributed by atoms with Crippen LogP contribution in [0.15, 0.2) is 60.1 Å². The maximum Gasteiger partial charge on any atom is 0.244 e. The van der Waals surface area contributed by atoms with Crippen LogP contribution in [0.5, 0.6) is 5.75 Å². The lowest BCUT2D eigenvalue weighted by Crippen LogP contribution is -2.33. The average molecular weight is 380 g/mol. The lowest BCUT2D eigenvalue weighted by Gasteiger charge is -2.12. The van der Waals surface area contributed by atoms with E-state index in [9.17, 15) is 9.18 Å². The minimum absolute atomic E-state index is 0.181. The number of nitrogens with zero attached hydrogens (tertiary/aromatic N) is 1. The van der Waals surface area contributed by atoms with Crippen LogP contribution in [0.1, 0.15) is 10.4 Å². The molecule has 1 unspecified atom stereocenters. The zero-order chi connectivity index (χ0) is 18.6. The highest BCUT2D eigenvalue weighted by Crippen LogP contribution is 2.38. The van der Waals surface area contributed by atoms with Gasteiger partial charge in [0.05, 0.1) is 12.2 Å². The molecule has 4 rings (SSSR count). The average Bonchev–Trinajstić information content (AvgIpc) is 3.34. The molecule has 0 saturated carbocycles. The SMILES string of the molecule is O=C(C=Cc1cccs1)NCC1Cc2cc(F)cc(-c3ccccn3)c2O1. The molecule has 0 spiro atoms. The van der Waals surface area contributed by atoms with Gasteiger partial charge in [0.1, 0.15) is 17.7 Å². The number of thiophene rings is 1. The second-order valence-corrected chi connectivity index (χ2v) is 7.17. The molecule has 4 nitrogen and oxygen atoms in total. The van der Waals surface area contributed by atoms with E-state index < -0.39 is 0 Å². The van der Waals surface area contributed by atoms with Crippen molar-refractivity contribution in [1.82, 2.24) is 10.3 Å². The number of benzene rings is 1. The normalized spacial score (nSPS) is 15.5. The van der Waals surface area contributed by atoms with Gasteiger partial charge in [0, 0.05) is 34.7 Å². The summed E-state index contributed by atoms with van der Waals surface area (Å²) in [5.41, 5.74) is 2.10. The lowest BCUT2D eigenvalue weighted by molar-refractivity contribution is -0.116. The van der Waals surface area contributed by atoms with Gasteiger partial charge in [-0.3, -0.25) is 9.78 Å². The predicted molar refractivity (Wildman–Crippen MR) is 104 cm³/mol. The predicted octanol–water partition coefficient (Wildman–Crippen LogP) is 4.08. The van der Waals surface area contributed by atoms with Crippen molar-refractivity contribution >= 4 is 23.3 Å². The minimum atomic E-state index is -0.318. The van der Waals surface area contributed by atoms with Crippen molar-refractivity contribution in [2.24, 2.45) is 0 Å². The fourth-order valence-corrected chi connectivity index (χ4v) is 3.66. The van der Waals surface area contributed by atoms with Crippen LogP contribution >= 0.6 is 11.3 Å². The first-order valence-electron chi connectivity index (χ1n) is 8.59. The number of carbonyl (C=O) groups is 1. The Labute approximate surface area is 160 Å². The van der Waals surface area contributed by atoms with E-state index >= 15 is 0 Å². The summed E-state index contributed by atoms with van der Waals surface area (Å²) < 4.78 is 20.0. The molecule has 1 aromatic carbocycles. The van der Waals surface area contributed by atoms with Gasteiger partial charge < -0.3 is 10.1 Å². The molecule has 1 N–H and O–H groups in total. The van der Waals surface area contributed by atoms with Crippen molar-refractivity contribution in [1.29, 1.82) is 0 Å². The highest BCUT2D eigenvalue weighted by atomic mass is 32.1. The molecule has 3 aromatic rings. The zero-order valence-electron chi connectivity index (χ0n) is 14.4. The summed E-state index contributed by atoms with van der Waals surface area (Å²) in [6.45, 7) is 0.353. The maximum absolute atomic E-state index is 14.0. The van der Waals surface area contributed by atoms with E-state index in [4.69, 9.17) is 4.74 Å². The summed E-state index contributed by atoms with van der Waals surface area (Å²) in [5, 5.41) is 4.80. The summed E-state index contributed by atoms with van der Waals surface area (Å²) >= 11 is 1.57. The van der Waals surface area contributed by atoms with Crippen molar-refractivity contribution in [3.63, 3.8) is 0 Å². The van der Waals surface area contributed by atoms with Crippen molar-refractivity contribution in [3.05, 3.63) is 76.4 Å². The van der Waals surface area contributed by atoms with Crippen molar-refractivity contribution < 1.29 is 13.9 Å². The van der Waals surface area contributed by atoms with Gasteiger partial charge in [-0.1, -0.05) is 12.1 Å². The number of amides is 1. The molecule has 1 amide bonds. The molecular weight excluding hydrogens is 363 g/mol. The molecule has 27 heavy (non-hydrogen) atoms. The molecule has 0 aliphatic carbocycles. The number of aromatic nitrogens is 1. The summed E-state index contributed by atoms with van der Waals surface area (Å²) in [4.78, 5) is 17.3. The molecule has 3 heterocycles. The van der Waals surface area contributed by atoms with Gasteiger partial charge in [0.2, 0.25) is 5.91 Å². The second kappa shape index (κ2) is 7.72. The Morgan fingerprint density at radius 2 is 2.26 bits per heavy atom. The third-order valence-corrected chi connectivity index (χ3v) is 5.09. The first-order valence-corrected chi connectivity index (χ1v) is 9.47. The Bertz CT molecular complexity index is 971. The molecule has 0 fully saturated rings. The maximum atomic E-state index is 14.0. The summed E-state index contributed by atoms with van der Waals surface area (Å²) in [7, 11) is 0. The van der Waals surface area contributed by atoms with Crippen LogP contribution in [0, 0.1) is 5.82 Å². The van der Waals surface area contributed by atoms with Gasteiger partial charge in [-0.2, -0.15) is 0 Å². The fraction of sp³-hybridized carbons (Fsp3) is 0.143. The van der Waals surface area contributed by atoms with Crippen LogP contribution in [-0.4, -0.2) is 23.5 Å². The van der Waals surface area contributed by atoms with Crippen molar-refractivity contribution in [3.8, 4) is 17.0 Å². The Balaban J connectivity index is 1.43. The Hall–Kier alpha value is -2.99. The molecule has 0 radical (unpaired) electrons. The molecule has 1 aliphatic heterocycles. The molecular formula is C21H17FN2O2S. The van der Waals surface area contributed by atoms with Crippen LogP contribution in [-0.2, 0) is 11.2 Å². The topological polar surface area (TPSA) is 51.2 Å². The smallest absolute Gasteiger partial charge is 0.244 e. The first kappa shape index (κ1) is 17.4. The number of rotatable bonds is 5. The Morgan fingerprint density at radius 1 is 1.33 bits per heavy atom. The molecule has 1 atom stereocenters. The number of carbonyl (C=O) groups excluding carboxylic acids is 1. The van der Waals surface area contributed by atoms with E-state index in [1.807, 2.05) is 35.7 Å². The number of pyridine rings is 1. The quantitative estimate of drug-likeness (QED) is 0.679. The molecule has 1 aliphatic rings. The van der Waals surface area contributed by atoms with Crippen molar-refractivity contribution in [2.75, 3.05) is 6.54 Å².